The maximum atomic E-state index is 11.4. The van der Waals surface area contributed by atoms with Crippen molar-refractivity contribution in [2.75, 3.05) is 5.73 Å². The van der Waals surface area contributed by atoms with E-state index in [4.69, 9.17) is 5.73 Å². The average molecular weight is 263 g/mol. The Balaban J connectivity index is 2.62. The van der Waals surface area contributed by atoms with Gasteiger partial charge in [-0.1, -0.05) is 0 Å². The second kappa shape index (κ2) is 4.79. The highest BCUT2D eigenvalue weighted by atomic mass is 32.2. The molecule has 1 heterocycles. The van der Waals surface area contributed by atoms with Gasteiger partial charge in [0.25, 0.3) is 0 Å². The number of nitrogens with zero attached hydrogens (tertiary/aromatic N) is 1. The van der Waals surface area contributed by atoms with E-state index in [9.17, 15) is 13.2 Å². The first kappa shape index (κ1) is 12.9. The summed E-state index contributed by atoms with van der Waals surface area (Å²) in [7, 11) is -3.57. The molecule has 0 saturated heterocycles. The predicted octanol–water partition coefficient (Wildman–Crippen LogP) is 0.122. The molecule has 0 spiro atoms. The van der Waals surface area contributed by atoms with E-state index in [1.807, 2.05) is 4.72 Å². The molecule has 0 aliphatic carbocycles. The van der Waals surface area contributed by atoms with Crippen LogP contribution in [-0.2, 0) is 21.2 Å². The zero-order chi connectivity index (χ0) is 12.3. The van der Waals surface area contributed by atoms with Crippen molar-refractivity contribution >= 4 is 32.4 Å². The molecule has 8 heteroatoms. The second-order valence-electron chi connectivity index (χ2n) is 3.47. The van der Waals surface area contributed by atoms with E-state index in [-0.39, 0.29) is 6.42 Å². The Kier molecular flexibility index (Phi) is 3.87. The molecular weight excluding hydrogens is 250 g/mol. The highest BCUT2D eigenvalue weighted by molar-refractivity contribution is 7.90. The summed E-state index contributed by atoms with van der Waals surface area (Å²) in [5.74, 6) is -0.598. The molecular formula is C8H13N3O3S2. The number of nitrogen functional groups attached to an aromatic ring is 1. The number of sulfonamides is 1. The third kappa shape index (κ3) is 3.46. The molecule has 0 saturated carbocycles. The monoisotopic (exact) mass is 263 g/mol. The van der Waals surface area contributed by atoms with Gasteiger partial charge in [-0.3, -0.25) is 9.52 Å². The van der Waals surface area contributed by atoms with Crippen LogP contribution in [0.3, 0.4) is 0 Å². The summed E-state index contributed by atoms with van der Waals surface area (Å²) in [6.45, 7) is 2.99. The Labute approximate surface area is 97.9 Å². The maximum Gasteiger partial charge on any atom is 0.239 e. The average Bonchev–Trinajstić information content (AvgIpc) is 2.49. The van der Waals surface area contributed by atoms with Gasteiger partial charge in [-0.15, -0.1) is 11.3 Å². The van der Waals surface area contributed by atoms with Crippen molar-refractivity contribution in [2.24, 2.45) is 0 Å². The first-order chi connectivity index (χ1) is 7.31. The smallest absolute Gasteiger partial charge is 0.239 e. The van der Waals surface area contributed by atoms with E-state index in [0.717, 1.165) is 0 Å². The lowest BCUT2D eigenvalue weighted by atomic mass is 10.3. The molecule has 1 aromatic rings. The molecule has 0 unspecified atom stereocenters. The van der Waals surface area contributed by atoms with E-state index in [1.165, 1.54) is 25.2 Å². The van der Waals surface area contributed by atoms with Crippen LogP contribution in [0.25, 0.3) is 0 Å². The van der Waals surface area contributed by atoms with Crippen LogP contribution in [0.2, 0.25) is 0 Å². The SMILES string of the molecule is CC(C)S(=O)(=O)NC(=O)Cc1csc(N)n1. The Morgan fingerprint density at radius 3 is 2.69 bits per heavy atom. The number of nitrogens with two attached hydrogens (primary N) is 1. The second-order valence-corrected chi connectivity index (χ2v) is 6.60. The Hall–Kier alpha value is -1.15. The van der Waals surface area contributed by atoms with Crippen molar-refractivity contribution in [3.8, 4) is 0 Å². The Bertz CT molecular complexity index is 478. The molecule has 0 radical (unpaired) electrons. The molecule has 90 valence electrons. The summed E-state index contributed by atoms with van der Waals surface area (Å²) in [4.78, 5) is 15.2. The summed E-state index contributed by atoms with van der Waals surface area (Å²) in [5, 5.41) is 1.34. The van der Waals surface area contributed by atoms with Crippen molar-refractivity contribution in [3.05, 3.63) is 11.1 Å². The van der Waals surface area contributed by atoms with E-state index in [0.29, 0.717) is 10.8 Å². The van der Waals surface area contributed by atoms with Gasteiger partial charge in [-0.05, 0) is 13.8 Å². The van der Waals surface area contributed by atoms with Crippen LogP contribution in [0.5, 0.6) is 0 Å². The van der Waals surface area contributed by atoms with Crippen molar-refractivity contribution in [3.63, 3.8) is 0 Å². The zero-order valence-corrected chi connectivity index (χ0v) is 10.6. The first-order valence-electron chi connectivity index (χ1n) is 4.55. The van der Waals surface area contributed by atoms with Crippen LogP contribution >= 0.6 is 11.3 Å². The van der Waals surface area contributed by atoms with Gasteiger partial charge in [-0.2, -0.15) is 0 Å². The summed E-state index contributed by atoms with van der Waals surface area (Å²) >= 11 is 1.21. The van der Waals surface area contributed by atoms with Crippen LogP contribution in [0.1, 0.15) is 19.5 Å². The summed E-state index contributed by atoms with van der Waals surface area (Å²) in [6, 6.07) is 0. The van der Waals surface area contributed by atoms with Crippen LogP contribution < -0.4 is 10.5 Å². The summed E-state index contributed by atoms with van der Waals surface area (Å²) in [5.41, 5.74) is 5.86. The molecule has 0 atom stereocenters. The number of rotatable bonds is 4. The fraction of sp³-hybridized carbons (Fsp3) is 0.500. The molecule has 0 aliphatic heterocycles. The van der Waals surface area contributed by atoms with E-state index < -0.39 is 21.2 Å². The van der Waals surface area contributed by atoms with Gasteiger partial charge in [0.1, 0.15) is 0 Å². The number of anilines is 1. The quantitative estimate of drug-likeness (QED) is 0.803. The summed E-state index contributed by atoms with van der Waals surface area (Å²) in [6.07, 6.45) is -0.0837. The van der Waals surface area contributed by atoms with Gasteiger partial charge >= 0.3 is 0 Å². The first-order valence-corrected chi connectivity index (χ1v) is 6.98. The molecule has 1 aromatic heterocycles. The van der Waals surface area contributed by atoms with Crippen LogP contribution in [0, 0.1) is 0 Å². The highest BCUT2D eigenvalue weighted by Gasteiger charge is 2.19. The van der Waals surface area contributed by atoms with Crippen LogP contribution in [0.15, 0.2) is 5.38 Å². The minimum absolute atomic E-state index is 0.0837. The van der Waals surface area contributed by atoms with Gasteiger partial charge in [0.2, 0.25) is 15.9 Å². The number of carbonyl (C=O) groups is 1. The van der Waals surface area contributed by atoms with Crippen LogP contribution in [-0.4, -0.2) is 24.6 Å². The molecule has 0 aromatic carbocycles. The number of nitrogens with one attached hydrogen (secondary N) is 1. The normalized spacial score (nSPS) is 11.7. The predicted molar refractivity (Wildman–Crippen MR) is 62.4 cm³/mol. The lowest BCUT2D eigenvalue weighted by molar-refractivity contribution is -0.118. The molecule has 1 rings (SSSR count). The molecule has 16 heavy (non-hydrogen) atoms. The van der Waals surface area contributed by atoms with Crippen LogP contribution in [0.4, 0.5) is 5.13 Å². The minimum atomic E-state index is -3.57. The number of aromatic nitrogens is 1. The van der Waals surface area contributed by atoms with Crippen molar-refractivity contribution in [1.82, 2.24) is 9.71 Å². The lowest BCUT2D eigenvalue weighted by Gasteiger charge is -2.08. The third-order valence-corrected chi connectivity index (χ3v) is 4.26. The Morgan fingerprint density at radius 1 is 1.62 bits per heavy atom. The molecule has 6 nitrogen and oxygen atoms in total. The molecule has 0 fully saturated rings. The molecule has 0 bridgehead atoms. The lowest BCUT2D eigenvalue weighted by Crippen LogP contribution is -2.36. The zero-order valence-electron chi connectivity index (χ0n) is 8.93. The fourth-order valence-corrected chi connectivity index (χ4v) is 2.07. The van der Waals surface area contributed by atoms with Gasteiger partial charge in [-0.25, -0.2) is 13.4 Å². The summed E-state index contributed by atoms with van der Waals surface area (Å²) < 4.78 is 24.7. The van der Waals surface area contributed by atoms with Crippen molar-refractivity contribution in [1.29, 1.82) is 0 Å². The van der Waals surface area contributed by atoms with E-state index in [1.54, 1.807) is 5.38 Å². The minimum Gasteiger partial charge on any atom is -0.375 e. The number of amides is 1. The largest absolute Gasteiger partial charge is 0.375 e. The standard InChI is InChI=1S/C8H13N3O3S2/c1-5(2)16(13,14)11-7(12)3-6-4-15-8(9)10-6/h4-5H,3H2,1-2H3,(H2,9,10)(H,11,12). The highest BCUT2D eigenvalue weighted by Crippen LogP contribution is 2.11. The topological polar surface area (TPSA) is 102 Å². The molecule has 0 aliphatic rings. The number of thiazole rings is 1. The third-order valence-electron chi connectivity index (χ3n) is 1.79. The number of hydrogen-bond donors (Lipinski definition) is 2. The number of carbonyl (C=O) groups excluding carboxylic acids is 1. The number of hydrogen-bond acceptors (Lipinski definition) is 6. The van der Waals surface area contributed by atoms with E-state index >= 15 is 0 Å². The van der Waals surface area contributed by atoms with Crippen molar-refractivity contribution < 1.29 is 13.2 Å². The van der Waals surface area contributed by atoms with Gasteiger partial charge in [0.15, 0.2) is 5.13 Å². The molecule has 3 N–H and O–H groups in total. The van der Waals surface area contributed by atoms with Crippen molar-refractivity contribution in [2.45, 2.75) is 25.5 Å². The maximum absolute atomic E-state index is 11.4. The van der Waals surface area contributed by atoms with Gasteiger partial charge in [0, 0.05) is 5.38 Å². The Morgan fingerprint density at radius 2 is 2.25 bits per heavy atom. The van der Waals surface area contributed by atoms with Gasteiger partial charge in [0.05, 0.1) is 17.4 Å². The molecule has 1 amide bonds. The van der Waals surface area contributed by atoms with Gasteiger partial charge < -0.3 is 5.73 Å². The van der Waals surface area contributed by atoms with E-state index in [2.05, 4.69) is 4.98 Å². The fourth-order valence-electron chi connectivity index (χ4n) is 0.881.